The summed E-state index contributed by atoms with van der Waals surface area (Å²) in [7, 11) is -3.42. The quantitative estimate of drug-likeness (QED) is 0.803. The van der Waals surface area contributed by atoms with Crippen LogP contribution < -0.4 is 5.32 Å². The Labute approximate surface area is 129 Å². The summed E-state index contributed by atoms with van der Waals surface area (Å²) in [6, 6.07) is 5.38. The molecule has 0 unspecified atom stereocenters. The number of aryl methyl sites for hydroxylation is 1. The molecule has 0 saturated heterocycles. The van der Waals surface area contributed by atoms with Crippen LogP contribution in [0.1, 0.15) is 45.2 Å². The fourth-order valence-electron chi connectivity index (χ4n) is 2.27. The Morgan fingerprint density at radius 1 is 1.24 bits per heavy atom. The molecule has 0 amide bonds. The molecule has 0 aliphatic carbocycles. The van der Waals surface area contributed by atoms with Crippen molar-refractivity contribution in [3.05, 3.63) is 29.3 Å². The van der Waals surface area contributed by atoms with Gasteiger partial charge in [-0.15, -0.1) is 0 Å². The van der Waals surface area contributed by atoms with E-state index in [1.54, 1.807) is 16.4 Å². The third-order valence-corrected chi connectivity index (χ3v) is 5.58. The molecule has 1 rings (SSSR count). The normalized spacial score (nSPS) is 12.3. The monoisotopic (exact) mass is 312 g/mol. The van der Waals surface area contributed by atoms with Gasteiger partial charge in [0.15, 0.2) is 0 Å². The van der Waals surface area contributed by atoms with Gasteiger partial charge in [0.1, 0.15) is 0 Å². The number of hydrogen-bond acceptors (Lipinski definition) is 3. The molecule has 0 bridgehead atoms. The minimum atomic E-state index is -3.42. The Morgan fingerprint density at radius 3 is 2.43 bits per heavy atom. The first-order valence-corrected chi connectivity index (χ1v) is 9.10. The summed E-state index contributed by atoms with van der Waals surface area (Å²) in [5.74, 6) is 0. The highest BCUT2D eigenvalue weighted by Gasteiger charge is 2.26. The first-order valence-electron chi connectivity index (χ1n) is 7.66. The molecule has 0 aliphatic heterocycles. The minimum absolute atomic E-state index is 0.0338. The van der Waals surface area contributed by atoms with Gasteiger partial charge in [-0.3, -0.25) is 0 Å². The molecule has 1 N–H and O–H groups in total. The Morgan fingerprint density at radius 2 is 1.90 bits per heavy atom. The second-order valence-corrected chi connectivity index (χ2v) is 7.47. The summed E-state index contributed by atoms with van der Waals surface area (Å²) in [6.07, 6.45) is 0.813. The van der Waals surface area contributed by atoms with Crippen LogP contribution in [0.25, 0.3) is 0 Å². The van der Waals surface area contributed by atoms with Gasteiger partial charge in [0, 0.05) is 19.1 Å². The Balaban J connectivity index is 3.18. The van der Waals surface area contributed by atoms with Crippen LogP contribution in [0.5, 0.6) is 0 Å². The average Bonchev–Trinajstić information content (AvgIpc) is 2.43. The standard InChI is InChI=1S/C16H28N2O2S/c1-6-10-18(13(3)4)21(19,20)16-9-8-14(5)15(11-16)12-17-7-2/h8-9,11,13,17H,6-7,10,12H2,1-5H3. The zero-order valence-corrected chi connectivity index (χ0v) is 14.6. The van der Waals surface area contributed by atoms with Crippen molar-refractivity contribution in [2.24, 2.45) is 0 Å². The first-order chi connectivity index (χ1) is 9.84. The fourth-order valence-corrected chi connectivity index (χ4v) is 4.05. The van der Waals surface area contributed by atoms with Crippen molar-refractivity contribution in [3.63, 3.8) is 0 Å². The lowest BCUT2D eigenvalue weighted by Crippen LogP contribution is -2.37. The van der Waals surface area contributed by atoms with Crippen molar-refractivity contribution in [2.45, 2.75) is 58.5 Å². The summed E-state index contributed by atoms with van der Waals surface area (Å²) in [4.78, 5) is 0.392. The van der Waals surface area contributed by atoms with Crippen LogP contribution in [-0.4, -0.2) is 31.9 Å². The van der Waals surface area contributed by atoms with Gasteiger partial charge >= 0.3 is 0 Å². The number of hydrogen-bond donors (Lipinski definition) is 1. The minimum Gasteiger partial charge on any atom is -0.313 e. The van der Waals surface area contributed by atoms with E-state index in [0.717, 1.165) is 24.1 Å². The molecule has 0 saturated carbocycles. The van der Waals surface area contributed by atoms with E-state index in [0.29, 0.717) is 18.0 Å². The number of sulfonamides is 1. The van der Waals surface area contributed by atoms with Gasteiger partial charge < -0.3 is 5.32 Å². The highest BCUT2D eigenvalue weighted by molar-refractivity contribution is 7.89. The van der Waals surface area contributed by atoms with E-state index in [9.17, 15) is 8.42 Å². The molecule has 4 nitrogen and oxygen atoms in total. The summed E-state index contributed by atoms with van der Waals surface area (Å²) >= 11 is 0. The predicted octanol–water partition coefficient (Wildman–Crippen LogP) is 2.91. The molecule has 0 fully saturated rings. The third kappa shape index (κ3) is 4.53. The third-order valence-electron chi connectivity index (χ3n) is 3.51. The van der Waals surface area contributed by atoms with Crippen LogP contribution >= 0.6 is 0 Å². The highest BCUT2D eigenvalue weighted by Crippen LogP contribution is 2.21. The lowest BCUT2D eigenvalue weighted by Gasteiger charge is -2.25. The molecule has 1 aromatic rings. The molecule has 1 aromatic carbocycles. The van der Waals surface area contributed by atoms with Gasteiger partial charge in [0.25, 0.3) is 0 Å². The van der Waals surface area contributed by atoms with E-state index >= 15 is 0 Å². The summed E-state index contributed by atoms with van der Waals surface area (Å²) in [5, 5.41) is 3.25. The van der Waals surface area contributed by atoms with Gasteiger partial charge in [-0.25, -0.2) is 8.42 Å². The molecule has 0 heterocycles. The lowest BCUT2D eigenvalue weighted by molar-refractivity contribution is 0.354. The van der Waals surface area contributed by atoms with Crippen LogP contribution in [0, 0.1) is 6.92 Å². The Bertz CT molecular complexity index is 553. The Hall–Kier alpha value is -0.910. The molecule has 21 heavy (non-hydrogen) atoms. The second-order valence-electron chi connectivity index (χ2n) is 5.58. The van der Waals surface area contributed by atoms with Gasteiger partial charge in [0.05, 0.1) is 4.90 Å². The highest BCUT2D eigenvalue weighted by atomic mass is 32.2. The molecule has 120 valence electrons. The lowest BCUT2D eigenvalue weighted by atomic mass is 10.1. The molecule has 0 radical (unpaired) electrons. The number of nitrogens with zero attached hydrogens (tertiary/aromatic N) is 1. The van der Waals surface area contributed by atoms with Crippen molar-refractivity contribution < 1.29 is 8.42 Å². The number of benzene rings is 1. The van der Waals surface area contributed by atoms with Crippen LogP contribution in [-0.2, 0) is 16.6 Å². The van der Waals surface area contributed by atoms with Crippen LogP contribution in [0.4, 0.5) is 0 Å². The summed E-state index contributed by atoms with van der Waals surface area (Å²) < 4.78 is 27.2. The van der Waals surface area contributed by atoms with E-state index in [-0.39, 0.29) is 6.04 Å². The van der Waals surface area contributed by atoms with E-state index in [1.807, 2.05) is 40.7 Å². The average molecular weight is 312 g/mol. The van der Waals surface area contributed by atoms with Crippen LogP contribution in [0.2, 0.25) is 0 Å². The van der Waals surface area contributed by atoms with E-state index in [4.69, 9.17) is 0 Å². The van der Waals surface area contributed by atoms with E-state index < -0.39 is 10.0 Å². The SMILES string of the molecule is CCCN(C(C)C)S(=O)(=O)c1ccc(C)c(CNCC)c1. The van der Waals surface area contributed by atoms with Gasteiger partial charge in [-0.2, -0.15) is 4.31 Å². The van der Waals surface area contributed by atoms with Crippen molar-refractivity contribution in [2.75, 3.05) is 13.1 Å². The van der Waals surface area contributed by atoms with E-state index in [2.05, 4.69) is 5.32 Å². The molecule has 0 atom stereocenters. The number of nitrogens with one attached hydrogen (secondary N) is 1. The molecule has 0 spiro atoms. The van der Waals surface area contributed by atoms with Crippen molar-refractivity contribution in [3.8, 4) is 0 Å². The fraction of sp³-hybridized carbons (Fsp3) is 0.625. The maximum Gasteiger partial charge on any atom is 0.243 e. The maximum absolute atomic E-state index is 12.8. The van der Waals surface area contributed by atoms with Crippen LogP contribution in [0.15, 0.2) is 23.1 Å². The molecule has 0 aromatic heterocycles. The zero-order valence-electron chi connectivity index (χ0n) is 13.8. The maximum atomic E-state index is 12.8. The summed E-state index contributed by atoms with van der Waals surface area (Å²) in [5.41, 5.74) is 2.15. The topological polar surface area (TPSA) is 49.4 Å². The molecule has 0 aliphatic rings. The van der Waals surface area contributed by atoms with Crippen molar-refractivity contribution in [1.82, 2.24) is 9.62 Å². The molecular formula is C16H28N2O2S. The summed E-state index contributed by atoms with van der Waals surface area (Å²) in [6.45, 7) is 12.0. The van der Waals surface area contributed by atoms with Gasteiger partial charge in [-0.05, 0) is 57.0 Å². The largest absolute Gasteiger partial charge is 0.313 e. The van der Waals surface area contributed by atoms with E-state index in [1.165, 1.54) is 0 Å². The smallest absolute Gasteiger partial charge is 0.243 e. The first kappa shape index (κ1) is 18.1. The molecular weight excluding hydrogens is 284 g/mol. The van der Waals surface area contributed by atoms with Crippen LogP contribution in [0.3, 0.4) is 0 Å². The van der Waals surface area contributed by atoms with Crippen molar-refractivity contribution >= 4 is 10.0 Å². The predicted molar refractivity (Wildman–Crippen MR) is 87.9 cm³/mol. The Kier molecular flexibility index (Phi) is 6.84. The molecule has 5 heteroatoms. The van der Waals surface area contributed by atoms with Crippen molar-refractivity contribution in [1.29, 1.82) is 0 Å². The zero-order chi connectivity index (χ0) is 16.0. The second kappa shape index (κ2) is 7.92. The number of rotatable bonds is 8. The van der Waals surface area contributed by atoms with Gasteiger partial charge in [0.2, 0.25) is 10.0 Å². The van der Waals surface area contributed by atoms with Gasteiger partial charge in [-0.1, -0.05) is 19.9 Å².